The minimum absolute atomic E-state index is 0.00960. The Morgan fingerprint density at radius 1 is 0.958 bits per heavy atom. The van der Waals surface area contributed by atoms with Crippen LogP contribution in [-0.2, 0) is 4.79 Å². The highest BCUT2D eigenvalue weighted by Crippen LogP contribution is 2.37. The summed E-state index contributed by atoms with van der Waals surface area (Å²) in [7, 11) is 0. The summed E-state index contributed by atoms with van der Waals surface area (Å²) < 4.78 is 0.625. The first-order valence-corrected chi connectivity index (χ1v) is 9.02. The van der Waals surface area contributed by atoms with Crippen LogP contribution in [0, 0.1) is 0 Å². The first-order valence-electron chi connectivity index (χ1n) is 7.80. The van der Waals surface area contributed by atoms with Crippen LogP contribution in [0.25, 0.3) is 17.2 Å². The molecule has 3 rings (SSSR count). The van der Waals surface area contributed by atoms with Crippen molar-refractivity contribution >= 4 is 40.3 Å². The third-order valence-corrected chi connectivity index (χ3v) is 5.08. The molecule has 1 aliphatic heterocycles. The van der Waals surface area contributed by atoms with Crippen LogP contribution in [0.3, 0.4) is 0 Å². The lowest BCUT2D eigenvalue weighted by Gasteiger charge is -2.30. The van der Waals surface area contributed by atoms with Crippen molar-refractivity contribution in [3.05, 3.63) is 65.1 Å². The molecule has 1 saturated heterocycles. The molecule has 0 saturated carbocycles. The maximum atomic E-state index is 12.6. The van der Waals surface area contributed by atoms with E-state index in [4.69, 9.17) is 12.2 Å². The van der Waals surface area contributed by atoms with E-state index in [0.29, 0.717) is 9.23 Å². The van der Waals surface area contributed by atoms with Crippen LogP contribution in [0.15, 0.2) is 59.5 Å². The highest BCUT2D eigenvalue weighted by Gasteiger charge is 2.38. The Kier molecular flexibility index (Phi) is 4.61. The van der Waals surface area contributed by atoms with Gasteiger partial charge < -0.3 is 0 Å². The predicted octanol–water partition coefficient (Wildman–Crippen LogP) is 5.35. The molecule has 0 aromatic heterocycles. The van der Waals surface area contributed by atoms with Gasteiger partial charge in [-0.1, -0.05) is 78.6 Å². The van der Waals surface area contributed by atoms with Gasteiger partial charge in [0.05, 0.1) is 4.91 Å². The van der Waals surface area contributed by atoms with Gasteiger partial charge >= 0.3 is 0 Å². The fourth-order valence-electron chi connectivity index (χ4n) is 2.60. The zero-order chi connectivity index (χ0) is 17.3. The molecule has 0 radical (unpaired) electrons. The molecule has 0 aliphatic carbocycles. The van der Waals surface area contributed by atoms with Crippen molar-refractivity contribution in [3.63, 3.8) is 0 Å². The Bertz CT molecular complexity index is 802. The lowest BCUT2D eigenvalue weighted by atomic mass is 10.0. The molecule has 2 aromatic rings. The maximum absolute atomic E-state index is 12.6. The van der Waals surface area contributed by atoms with Gasteiger partial charge in [-0.3, -0.25) is 9.69 Å². The van der Waals surface area contributed by atoms with Gasteiger partial charge in [0.15, 0.2) is 0 Å². The molecule has 1 heterocycles. The van der Waals surface area contributed by atoms with Crippen LogP contribution in [0.4, 0.5) is 0 Å². The molecule has 0 bridgehead atoms. The molecule has 0 N–H and O–H groups in total. The molecule has 2 aromatic carbocycles. The molecule has 122 valence electrons. The van der Waals surface area contributed by atoms with E-state index in [0.717, 1.165) is 11.1 Å². The van der Waals surface area contributed by atoms with Crippen LogP contribution in [-0.4, -0.2) is 20.7 Å². The van der Waals surface area contributed by atoms with E-state index in [1.54, 1.807) is 4.90 Å². The minimum Gasteiger partial charge on any atom is -0.288 e. The molecule has 0 unspecified atom stereocenters. The van der Waals surface area contributed by atoms with Crippen LogP contribution >= 0.6 is 24.0 Å². The van der Waals surface area contributed by atoms with E-state index in [9.17, 15) is 4.79 Å². The van der Waals surface area contributed by atoms with E-state index in [2.05, 4.69) is 24.3 Å². The molecule has 1 amide bonds. The van der Waals surface area contributed by atoms with E-state index < -0.39 is 0 Å². The lowest BCUT2D eigenvalue weighted by Crippen LogP contribution is -2.44. The van der Waals surface area contributed by atoms with Gasteiger partial charge in [-0.2, -0.15) is 0 Å². The number of carbonyl (C=O) groups is 1. The fraction of sp³-hybridized carbons (Fsp3) is 0.200. The van der Waals surface area contributed by atoms with Crippen molar-refractivity contribution in [3.8, 4) is 11.1 Å². The number of hydrogen-bond donors (Lipinski definition) is 0. The molecular formula is C20H19NOS2. The zero-order valence-electron chi connectivity index (χ0n) is 13.9. The summed E-state index contributed by atoms with van der Waals surface area (Å²) in [6.07, 6.45) is 1.92. The molecule has 24 heavy (non-hydrogen) atoms. The Morgan fingerprint density at radius 2 is 1.54 bits per heavy atom. The minimum atomic E-state index is -0.298. The Hall–Kier alpha value is -1.91. The van der Waals surface area contributed by atoms with Crippen molar-refractivity contribution in [2.45, 2.75) is 26.3 Å². The number of hydrogen-bond acceptors (Lipinski definition) is 3. The van der Waals surface area contributed by atoms with Crippen LogP contribution in [0.5, 0.6) is 0 Å². The van der Waals surface area contributed by atoms with Crippen LogP contribution < -0.4 is 0 Å². The molecule has 0 atom stereocenters. The van der Waals surface area contributed by atoms with E-state index >= 15 is 0 Å². The summed E-state index contributed by atoms with van der Waals surface area (Å²) in [4.78, 5) is 15.0. The number of carbonyl (C=O) groups excluding carboxylic acids is 1. The average Bonchev–Trinajstić information content (AvgIpc) is 2.83. The fourth-order valence-corrected chi connectivity index (χ4v) is 4.24. The van der Waals surface area contributed by atoms with Crippen molar-refractivity contribution in [2.24, 2.45) is 0 Å². The van der Waals surface area contributed by atoms with Gasteiger partial charge in [0.2, 0.25) is 0 Å². The summed E-state index contributed by atoms with van der Waals surface area (Å²) in [5, 5.41) is 0. The molecule has 0 spiro atoms. The topological polar surface area (TPSA) is 20.3 Å². The van der Waals surface area contributed by atoms with Gasteiger partial charge in [0.1, 0.15) is 4.32 Å². The summed E-state index contributed by atoms with van der Waals surface area (Å²) in [6, 6.07) is 18.5. The zero-order valence-corrected chi connectivity index (χ0v) is 15.6. The molecule has 4 heteroatoms. The lowest BCUT2D eigenvalue weighted by molar-refractivity contribution is -0.125. The van der Waals surface area contributed by atoms with Crippen molar-refractivity contribution in [1.82, 2.24) is 4.90 Å². The molecule has 2 nitrogen and oxygen atoms in total. The number of thioether (sulfide) groups is 1. The normalized spacial score (nSPS) is 17.0. The van der Waals surface area contributed by atoms with Crippen molar-refractivity contribution < 1.29 is 4.79 Å². The summed E-state index contributed by atoms with van der Waals surface area (Å²) in [5.41, 5.74) is 3.05. The number of benzene rings is 2. The molecular weight excluding hydrogens is 334 g/mol. The third-order valence-electron chi connectivity index (χ3n) is 3.78. The standard InChI is InChI=1S/C20H19NOS2/c1-20(2,3)21-18(22)17(24-19(21)23)13-14-9-11-16(12-10-14)15-7-5-4-6-8-15/h4-13H,1-3H3/b17-13+. The van der Waals surface area contributed by atoms with Gasteiger partial charge in [-0.05, 0) is 43.5 Å². The Labute approximate surface area is 152 Å². The monoisotopic (exact) mass is 353 g/mol. The number of amides is 1. The number of thiocarbonyl (C=S) groups is 1. The second-order valence-electron chi connectivity index (χ2n) is 6.68. The predicted molar refractivity (Wildman–Crippen MR) is 107 cm³/mol. The van der Waals surface area contributed by atoms with Gasteiger partial charge in [0, 0.05) is 5.54 Å². The van der Waals surface area contributed by atoms with Gasteiger partial charge in [-0.25, -0.2) is 0 Å². The second kappa shape index (κ2) is 6.54. The van der Waals surface area contributed by atoms with E-state index in [1.165, 1.54) is 17.3 Å². The van der Waals surface area contributed by atoms with Crippen LogP contribution in [0.1, 0.15) is 26.3 Å². The number of nitrogens with zero attached hydrogens (tertiary/aromatic N) is 1. The van der Waals surface area contributed by atoms with E-state index in [1.807, 2.05) is 57.2 Å². The molecule has 1 fully saturated rings. The SMILES string of the molecule is CC(C)(C)N1C(=O)/C(=C\c2ccc(-c3ccccc3)cc2)SC1=S. The third kappa shape index (κ3) is 3.45. The largest absolute Gasteiger partial charge is 0.288 e. The maximum Gasteiger partial charge on any atom is 0.266 e. The van der Waals surface area contributed by atoms with E-state index in [-0.39, 0.29) is 11.4 Å². The van der Waals surface area contributed by atoms with Gasteiger partial charge in [-0.15, -0.1) is 0 Å². The van der Waals surface area contributed by atoms with Gasteiger partial charge in [0.25, 0.3) is 5.91 Å². The summed E-state index contributed by atoms with van der Waals surface area (Å²) >= 11 is 6.74. The smallest absolute Gasteiger partial charge is 0.266 e. The Morgan fingerprint density at radius 3 is 2.08 bits per heavy atom. The average molecular weight is 354 g/mol. The first-order chi connectivity index (χ1) is 11.4. The Balaban J connectivity index is 1.85. The summed E-state index contributed by atoms with van der Waals surface area (Å²) in [6.45, 7) is 5.99. The summed E-state index contributed by atoms with van der Waals surface area (Å²) in [5.74, 6) is -0.00960. The van der Waals surface area contributed by atoms with Crippen LogP contribution in [0.2, 0.25) is 0 Å². The number of rotatable bonds is 2. The first kappa shape index (κ1) is 16.9. The van der Waals surface area contributed by atoms with Crippen molar-refractivity contribution in [2.75, 3.05) is 0 Å². The quantitative estimate of drug-likeness (QED) is 0.536. The molecule has 1 aliphatic rings. The highest BCUT2D eigenvalue weighted by molar-refractivity contribution is 8.26. The van der Waals surface area contributed by atoms with Crippen molar-refractivity contribution in [1.29, 1.82) is 0 Å². The second-order valence-corrected chi connectivity index (χ2v) is 8.35. The highest BCUT2D eigenvalue weighted by atomic mass is 32.2.